The van der Waals surface area contributed by atoms with Gasteiger partial charge in [-0.3, -0.25) is 5.43 Å². The van der Waals surface area contributed by atoms with E-state index in [4.69, 9.17) is 5.11 Å². The maximum Gasteiger partial charge on any atom is 0.335 e. The van der Waals surface area contributed by atoms with E-state index in [9.17, 15) is 4.79 Å². The van der Waals surface area contributed by atoms with Gasteiger partial charge in [-0.25, -0.2) is 4.79 Å². The molecule has 5 heteroatoms. The maximum atomic E-state index is 11.0. The lowest BCUT2D eigenvalue weighted by Gasteiger charge is -2.03. The second-order valence-electron chi connectivity index (χ2n) is 6.29. The summed E-state index contributed by atoms with van der Waals surface area (Å²) in [6, 6.07) is 21.2. The van der Waals surface area contributed by atoms with E-state index in [2.05, 4.69) is 58.4 Å². The minimum atomic E-state index is -0.958. The van der Waals surface area contributed by atoms with Crippen LogP contribution in [0.5, 0.6) is 0 Å². The third-order valence-electron chi connectivity index (χ3n) is 4.63. The number of aromatic nitrogens is 1. The molecule has 0 bridgehead atoms. The second-order valence-corrected chi connectivity index (χ2v) is 6.29. The summed E-state index contributed by atoms with van der Waals surface area (Å²) in [6.07, 6.45) is 1.74. The SMILES string of the molecule is CCn1c2ccccc2c2cc(/C=N/Nc3cccc(C(=O)O)c3)ccc21. The quantitative estimate of drug-likeness (QED) is 0.392. The first kappa shape index (κ1) is 16.8. The lowest BCUT2D eigenvalue weighted by Crippen LogP contribution is -1.97. The van der Waals surface area contributed by atoms with E-state index in [-0.39, 0.29) is 5.56 Å². The molecule has 3 aromatic carbocycles. The maximum absolute atomic E-state index is 11.0. The summed E-state index contributed by atoms with van der Waals surface area (Å²) in [7, 11) is 0. The molecule has 0 aliphatic carbocycles. The average Bonchev–Trinajstić information content (AvgIpc) is 3.01. The second kappa shape index (κ2) is 6.96. The van der Waals surface area contributed by atoms with Gasteiger partial charge in [0.05, 0.1) is 17.5 Å². The van der Waals surface area contributed by atoms with Crippen molar-refractivity contribution in [2.45, 2.75) is 13.5 Å². The van der Waals surface area contributed by atoms with Crippen LogP contribution in [0.2, 0.25) is 0 Å². The summed E-state index contributed by atoms with van der Waals surface area (Å²) < 4.78 is 2.31. The highest BCUT2D eigenvalue weighted by atomic mass is 16.4. The van der Waals surface area contributed by atoms with Gasteiger partial charge >= 0.3 is 5.97 Å². The first-order valence-corrected chi connectivity index (χ1v) is 8.81. The fourth-order valence-electron chi connectivity index (χ4n) is 3.40. The van der Waals surface area contributed by atoms with Crippen molar-refractivity contribution in [3.05, 3.63) is 77.9 Å². The van der Waals surface area contributed by atoms with Gasteiger partial charge in [0.25, 0.3) is 0 Å². The fraction of sp³-hybridized carbons (Fsp3) is 0.0909. The van der Waals surface area contributed by atoms with E-state index in [0.717, 1.165) is 12.1 Å². The van der Waals surface area contributed by atoms with Gasteiger partial charge in [-0.15, -0.1) is 0 Å². The standard InChI is InChI=1S/C22H19N3O2/c1-2-25-20-9-4-3-8-18(20)19-12-15(10-11-21(19)25)14-23-24-17-7-5-6-16(13-17)22(26)27/h3-14,24H,2H2,1H3,(H,26,27)/b23-14+. The minimum absolute atomic E-state index is 0.226. The smallest absolute Gasteiger partial charge is 0.335 e. The number of para-hydroxylation sites is 1. The molecule has 0 amide bonds. The minimum Gasteiger partial charge on any atom is -0.478 e. The normalized spacial score (nSPS) is 11.4. The highest BCUT2D eigenvalue weighted by molar-refractivity contribution is 6.09. The van der Waals surface area contributed by atoms with Crippen molar-refractivity contribution in [3.63, 3.8) is 0 Å². The summed E-state index contributed by atoms with van der Waals surface area (Å²) in [5.74, 6) is -0.958. The summed E-state index contributed by atoms with van der Waals surface area (Å²) in [5, 5.41) is 15.7. The number of hydrogen-bond donors (Lipinski definition) is 2. The van der Waals surface area contributed by atoms with Crippen molar-refractivity contribution in [2.24, 2.45) is 5.10 Å². The van der Waals surface area contributed by atoms with Crippen LogP contribution in [-0.2, 0) is 6.54 Å². The lowest BCUT2D eigenvalue weighted by atomic mass is 10.1. The monoisotopic (exact) mass is 357 g/mol. The van der Waals surface area contributed by atoms with Gasteiger partial charge in [-0.05, 0) is 48.9 Å². The van der Waals surface area contributed by atoms with Crippen LogP contribution in [0.15, 0.2) is 71.8 Å². The zero-order valence-corrected chi connectivity index (χ0v) is 14.9. The Morgan fingerprint density at radius 2 is 1.85 bits per heavy atom. The van der Waals surface area contributed by atoms with Crippen molar-refractivity contribution in [2.75, 3.05) is 5.43 Å². The molecule has 0 fully saturated rings. The highest BCUT2D eigenvalue weighted by Crippen LogP contribution is 2.29. The molecule has 0 radical (unpaired) electrons. The predicted molar refractivity (Wildman–Crippen MR) is 110 cm³/mol. The summed E-state index contributed by atoms with van der Waals surface area (Å²) in [4.78, 5) is 11.0. The number of anilines is 1. The van der Waals surface area contributed by atoms with Gasteiger partial charge in [-0.2, -0.15) is 5.10 Å². The number of carboxylic acid groups (broad SMARTS) is 1. The van der Waals surface area contributed by atoms with E-state index in [1.54, 1.807) is 30.5 Å². The Morgan fingerprint density at radius 1 is 1.04 bits per heavy atom. The molecule has 27 heavy (non-hydrogen) atoms. The van der Waals surface area contributed by atoms with Gasteiger partial charge in [0, 0.05) is 28.4 Å². The van der Waals surface area contributed by atoms with E-state index >= 15 is 0 Å². The summed E-state index contributed by atoms with van der Waals surface area (Å²) >= 11 is 0. The number of aryl methyl sites for hydroxylation is 1. The van der Waals surface area contributed by atoms with Crippen LogP contribution in [-0.4, -0.2) is 21.9 Å². The molecule has 4 aromatic rings. The van der Waals surface area contributed by atoms with Crippen LogP contribution >= 0.6 is 0 Å². The number of benzene rings is 3. The molecule has 1 heterocycles. The van der Waals surface area contributed by atoms with Crippen LogP contribution < -0.4 is 5.43 Å². The number of fused-ring (bicyclic) bond motifs is 3. The largest absolute Gasteiger partial charge is 0.478 e. The summed E-state index contributed by atoms with van der Waals surface area (Å²) in [5.41, 5.74) is 7.16. The van der Waals surface area contributed by atoms with Crippen LogP contribution in [0.1, 0.15) is 22.8 Å². The Hall–Kier alpha value is -3.60. The van der Waals surface area contributed by atoms with Gasteiger partial charge in [0.15, 0.2) is 0 Å². The van der Waals surface area contributed by atoms with Gasteiger partial charge in [0.1, 0.15) is 0 Å². The zero-order chi connectivity index (χ0) is 18.8. The number of hydrogen-bond acceptors (Lipinski definition) is 3. The first-order chi connectivity index (χ1) is 13.2. The van der Waals surface area contributed by atoms with E-state index in [0.29, 0.717) is 5.69 Å². The van der Waals surface area contributed by atoms with Crippen molar-refractivity contribution >= 4 is 39.7 Å². The van der Waals surface area contributed by atoms with E-state index < -0.39 is 5.97 Å². The third kappa shape index (κ3) is 3.15. The first-order valence-electron chi connectivity index (χ1n) is 8.81. The number of carboxylic acids is 1. The fourth-order valence-corrected chi connectivity index (χ4v) is 3.40. The summed E-state index contributed by atoms with van der Waals surface area (Å²) in [6.45, 7) is 3.06. The topological polar surface area (TPSA) is 66.6 Å². The Balaban J connectivity index is 1.65. The van der Waals surface area contributed by atoms with Crippen LogP contribution in [0.25, 0.3) is 21.8 Å². The predicted octanol–water partition coefficient (Wildman–Crippen LogP) is 4.96. The lowest BCUT2D eigenvalue weighted by molar-refractivity contribution is 0.0697. The van der Waals surface area contributed by atoms with Crippen molar-refractivity contribution in [1.29, 1.82) is 0 Å². The molecule has 0 saturated heterocycles. The van der Waals surface area contributed by atoms with Crippen molar-refractivity contribution in [3.8, 4) is 0 Å². The molecule has 0 aliphatic heterocycles. The van der Waals surface area contributed by atoms with Crippen molar-refractivity contribution < 1.29 is 9.90 Å². The van der Waals surface area contributed by atoms with Gasteiger partial charge < -0.3 is 9.67 Å². The molecule has 2 N–H and O–H groups in total. The molecular formula is C22H19N3O2. The Kier molecular flexibility index (Phi) is 4.34. The Morgan fingerprint density at radius 3 is 2.67 bits per heavy atom. The number of aromatic carboxylic acids is 1. The molecule has 0 saturated carbocycles. The number of hydrazone groups is 1. The molecule has 0 atom stereocenters. The Bertz CT molecular complexity index is 1170. The average molecular weight is 357 g/mol. The number of nitrogens with one attached hydrogen (secondary N) is 1. The number of nitrogens with zero attached hydrogens (tertiary/aromatic N) is 2. The van der Waals surface area contributed by atoms with Crippen LogP contribution in [0, 0.1) is 0 Å². The third-order valence-corrected chi connectivity index (χ3v) is 4.63. The molecule has 1 aromatic heterocycles. The highest BCUT2D eigenvalue weighted by Gasteiger charge is 2.09. The molecule has 0 aliphatic rings. The molecule has 0 unspecified atom stereocenters. The van der Waals surface area contributed by atoms with Gasteiger partial charge in [0.2, 0.25) is 0 Å². The van der Waals surface area contributed by atoms with E-state index in [1.807, 2.05) is 6.07 Å². The number of carbonyl (C=O) groups is 1. The van der Waals surface area contributed by atoms with Gasteiger partial charge in [-0.1, -0.05) is 30.3 Å². The van der Waals surface area contributed by atoms with E-state index in [1.165, 1.54) is 21.8 Å². The van der Waals surface area contributed by atoms with Crippen LogP contribution in [0.4, 0.5) is 5.69 Å². The van der Waals surface area contributed by atoms with Crippen LogP contribution in [0.3, 0.4) is 0 Å². The molecule has 0 spiro atoms. The molecule has 5 nitrogen and oxygen atoms in total. The van der Waals surface area contributed by atoms with Crippen molar-refractivity contribution in [1.82, 2.24) is 4.57 Å². The molecule has 4 rings (SSSR count). The number of rotatable bonds is 5. The molecular weight excluding hydrogens is 338 g/mol. The molecule has 134 valence electrons. The Labute approximate surface area is 156 Å². The zero-order valence-electron chi connectivity index (χ0n) is 14.9.